The van der Waals surface area contributed by atoms with Crippen LogP contribution in [0.15, 0.2) is 24.3 Å². The van der Waals surface area contributed by atoms with Crippen molar-refractivity contribution in [3.05, 3.63) is 29.8 Å². The van der Waals surface area contributed by atoms with Crippen LogP contribution < -0.4 is 10.1 Å². The average molecular weight is 448 g/mol. The Balaban J connectivity index is 0.000000423. The summed E-state index contributed by atoms with van der Waals surface area (Å²) in [6, 6.07) is 8.19. The molecule has 2 saturated heterocycles. The maximum absolute atomic E-state index is 11.7. The molecule has 0 aromatic heterocycles. The second-order valence-corrected chi connectivity index (χ2v) is 7.61. The number of ether oxygens (including phenoxy) is 3. The summed E-state index contributed by atoms with van der Waals surface area (Å²) in [4.78, 5) is 23.1. The van der Waals surface area contributed by atoms with Gasteiger partial charge in [-0.15, -0.1) is 0 Å². The fourth-order valence-electron chi connectivity index (χ4n) is 3.80. The van der Waals surface area contributed by atoms with E-state index < -0.39 is 12.1 Å². The van der Waals surface area contributed by atoms with Gasteiger partial charge < -0.3 is 24.6 Å². The third kappa shape index (κ3) is 7.08. The molecule has 2 aliphatic rings. The van der Waals surface area contributed by atoms with E-state index in [9.17, 15) is 18.0 Å². The van der Waals surface area contributed by atoms with Gasteiger partial charge in [0.05, 0.1) is 20.3 Å². The van der Waals surface area contributed by atoms with Gasteiger partial charge in [-0.25, -0.2) is 4.79 Å². The van der Waals surface area contributed by atoms with Crippen molar-refractivity contribution in [2.45, 2.75) is 12.7 Å². The Morgan fingerprint density at radius 2 is 2.06 bits per heavy atom. The Hall–Kier alpha value is -2.37. The molecule has 1 aromatic rings. The Morgan fingerprint density at radius 1 is 1.35 bits per heavy atom. The molecule has 11 heteroatoms. The molecule has 0 radical (unpaired) electrons. The zero-order valence-corrected chi connectivity index (χ0v) is 17.4. The van der Waals surface area contributed by atoms with Crippen LogP contribution in [0.25, 0.3) is 0 Å². The number of nitrogens with zero attached hydrogens (tertiary/aromatic N) is 1. The summed E-state index contributed by atoms with van der Waals surface area (Å²) < 4.78 is 47.6. The molecular formula is C20H27F3N2O6. The molecule has 2 N–H and O–H groups in total. The zero-order valence-electron chi connectivity index (χ0n) is 17.4. The van der Waals surface area contributed by atoms with Crippen molar-refractivity contribution < 1.29 is 42.1 Å². The molecule has 0 bridgehead atoms. The smallest absolute Gasteiger partial charge is 0.490 e. The summed E-state index contributed by atoms with van der Waals surface area (Å²) >= 11 is 0. The zero-order chi connectivity index (χ0) is 23.1. The molecule has 1 amide bonds. The molecule has 2 heterocycles. The van der Waals surface area contributed by atoms with Crippen molar-refractivity contribution in [2.24, 2.45) is 11.3 Å². The number of hydrogen-bond donors (Lipinski definition) is 2. The van der Waals surface area contributed by atoms with E-state index in [0.717, 1.165) is 32.0 Å². The van der Waals surface area contributed by atoms with Gasteiger partial charge in [0.15, 0.2) is 0 Å². The van der Waals surface area contributed by atoms with E-state index in [0.29, 0.717) is 19.1 Å². The Labute approximate surface area is 178 Å². The number of carbonyl (C=O) groups is 2. The number of fused-ring (bicyclic) bond motifs is 1. The van der Waals surface area contributed by atoms with Crippen LogP contribution in [0, 0.1) is 11.3 Å². The van der Waals surface area contributed by atoms with Crippen molar-refractivity contribution in [1.82, 2.24) is 10.2 Å². The van der Waals surface area contributed by atoms with E-state index in [2.05, 4.69) is 22.3 Å². The monoisotopic (exact) mass is 448 g/mol. The normalized spacial score (nSPS) is 22.9. The van der Waals surface area contributed by atoms with Crippen molar-refractivity contribution in [3.63, 3.8) is 0 Å². The highest BCUT2D eigenvalue weighted by molar-refractivity contribution is 5.77. The second kappa shape index (κ2) is 10.8. The number of benzene rings is 1. The summed E-state index contributed by atoms with van der Waals surface area (Å²) in [7, 11) is 3.22. The Morgan fingerprint density at radius 3 is 2.68 bits per heavy atom. The summed E-state index contributed by atoms with van der Waals surface area (Å²) in [6.07, 6.45) is -5.08. The molecule has 1 aromatic carbocycles. The molecule has 2 fully saturated rings. The number of amides is 1. The van der Waals surface area contributed by atoms with E-state index in [1.807, 2.05) is 12.1 Å². The molecule has 31 heavy (non-hydrogen) atoms. The van der Waals surface area contributed by atoms with Gasteiger partial charge in [0.25, 0.3) is 0 Å². The molecule has 0 spiro atoms. The lowest BCUT2D eigenvalue weighted by Crippen LogP contribution is -2.44. The molecule has 2 aliphatic heterocycles. The molecule has 0 unspecified atom stereocenters. The number of halogens is 3. The van der Waals surface area contributed by atoms with Crippen molar-refractivity contribution in [2.75, 3.05) is 53.7 Å². The van der Waals surface area contributed by atoms with Crippen LogP contribution in [0.3, 0.4) is 0 Å². The number of hydrogen-bond acceptors (Lipinski definition) is 6. The number of methoxy groups -OCH3 is 2. The van der Waals surface area contributed by atoms with Gasteiger partial charge in [-0.05, 0) is 17.7 Å². The van der Waals surface area contributed by atoms with Crippen LogP contribution in [0.4, 0.5) is 13.2 Å². The van der Waals surface area contributed by atoms with Gasteiger partial charge in [-0.1, -0.05) is 12.1 Å². The Kier molecular flexibility index (Phi) is 8.66. The van der Waals surface area contributed by atoms with Gasteiger partial charge in [0.1, 0.15) is 12.4 Å². The van der Waals surface area contributed by atoms with Gasteiger partial charge in [-0.2, -0.15) is 13.2 Å². The second-order valence-electron chi connectivity index (χ2n) is 7.61. The standard InChI is InChI=1S/C18H26N2O4.C2HF3O2/c1-22-10-17(21)19-11-18-12-20(8-15(18)9-24-13-18)7-14-4-3-5-16(6-14)23-2;3-2(4,5)1(6)7/h3-6,15H,7-13H2,1-2H3,(H,19,21);(H,6,7)/t15-,18+;/m1./s1. The number of nitrogens with one attached hydrogen (secondary N) is 1. The minimum absolute atomic E-state index is 0.0161. The number of likely N-dealkylation sites (tertiary alicyclic amines) is 1. The molecule has 174 valence electrons. The molecular weight excluding hydrogens is 421 g/mol. The number of carboxylic acids is 1. The van der Waals surface area contributed by atoms with Crippen LogP contribution in [0.5, 0.6) is 5.75 Å². The maximum atomic E-state index is 11.7. The maximum Gasteiger partial charge on any atom is 0.490 e. The lowest BCUT2D eigenvalue weighted by atomic mass is 9.81. The van der Waals surface area contributed by atoms with Gasteiger partial charge >= 0.3 is 12.1 Å². The van der Waals surface area contributed by atoms with Crippen molar-refractivity contribution in [3.8, 4) is 5.75 Å². The summed E-state index contributed by atoms with van der Waals surface area (Å²) in [6.45, 7) is 5.05. The van der Waals surface area contributed by atoms with Gasteiger partial charge in [-0.3, -0.25) is 9.69 Å². The molecule has 8 nitrogen and oxygen atoms in total. The minimum Gasteiger partial charge on any atom is -0.497 e. The SMILES string of the molecule is COCC(=O)NC[C@]12COC[C@H]1CN(Cc1cccc(OC)c1)C2.O=C(O)C(F)(F)F. The highest BCUT2D eigenvalue weighted by Gasteiger charge is 2.50. The van der Waals surface area contributed by atoms with Gasteiger partial charge in [0.2, 0.25) is 5.91 Å². The number of alkyl halides is 3. The van der Waals surface area contributed by atoms with E-state index in [-0.39, 0.29) is 17.9 Å². The lowest BCUT2D eigenvalue weighted by molar-refractivity contribution is -0.192. The topological polar surface area (TPSA) is 97.3 Å². The Bertz CT molecular complexity index is 761. The summed E-state index contributed by atoms with van der Waals surface area (Å²) in [5.74, 6) is -1.47. The lowest BCUT2D eigenvalue weighted by Gasteiger charge is -2.27. The van der Waals surface area contributed by atoms with E-state index in [4.69, 9.17) is 24.1 Å². The van der Waals surface area contributed by atoms with E-state index >= 15 is 0 Å². The first-order valence-corrected chi connectivity index (χ1v) is 9.58. The number of rotatable bonds is 7. The van der Waals surface area contributed by atoms with Crippen molar-refractivity contribution in [1.29, 1.82) is 0 Å². The largest absolute Gasteiger partial charge is 0.497 e. The summed E-state index contributed by atoms with van der Waals surface area (Å²) in [5, 5.41) is 10.1. The number of carboxylic acid groups (broad SMARTS) is 1. The third-order valence-electron chi connectivity index (χ3n) is 5.29. The number of carbonyl (C=O) groups excluding carboxylic acids is 1. The average Bonchev–Trinajstić information content (AvgIpc) is 3.23. The molecule has 0 aliphatic carbocycles. The quantitative estimate of drug-likeness (QED) is 0.653. The van der Waals surface area contributed by atoms with E-state index in [1.54, 1.807) is 7.11 Å². The van der Waals surface area contributed by atoms with Crippen LogP contribution in [0.2, 0.25) is 0 Å². The van der Waals surface area contributed by atoms with Gasteiger partial charge in [0, 0.05) is 44.6 Å². The predicted octanol–water partition coefficient (Wildman–Crippen LogP) is 1.54. The van der Waals surface area contributed by atoms with Crippen molar-refractivity contribution >= 4 is 11.9 Å². The fraction of sp³-hybridized carbons (Fsp3) is 0.600. The third-order valence-corrected chi connectivity index (χ3v) is 5.29. The summed E-state index contributed by atoms with van der Waals surface area (Å²) in [5.41, 5.74) is 1.26. The molecule has 2 atom stereocenters. The number of aliphatic carboxylic acids is 1. The van der Waals surface area contributed by atoms with Crippen LogP contribution in [0.1, 0.15) is 5.56 Å². The molecule has 3 rings (SSSR count). The first kappa shape index (κ1) is 24.9. The van der Waals surface area contributed by atoms with Crippen LogP contribution in [-0.4, -0.2) is 81.7 Å². The fourth-order valence-corrected chi connectivity index (χ4v) is 3.80. The van der Waals surface area contributed by atoms with Crippen LogP contribution in [-0.2, 0) is 25.6 Å². The predicted molar refractivity (Wildman–Crippen MR) is 104 cm³/mol. The minimum atomic E-state index is -5.08. The highest BCUT2D eigenvalue weighted by atomic mass is 19.4. The first-order valence-electron chi connectivity index (χ1n) is 9.58. The van der Waals surface area contributed by atoms with E-state index in [1.165, 1.54) is 12.7 Å². The first-order chi connectivity index (χ1) is 14.6. The van der Waals surface area contributed by atoms with Crippen LogP contribution >= 0.6 is 0 Å². The molecule has 0 saturated carbocycles. The highest BCUT2D eigenvalue weighted by Crippen LogP contribution is 2.41.